The van der Waals surface area contributed by atoms with Crippen LogP contribution in [0.5, 0.6) is 0 Å². The van der Waals surface area contributed by atoms with E-state index in [1.807, 2.05) is 0 Å². The average Bonchev–Trinajstić information content (AvgIpc) is 3.33. The molecule has 0 fully saturated rings. The highest BCUT2D eigenvalue weighted by molar-refractivity contribution is 7.90. The number of rotatable bonds is 6. The van der Waals surface area contributed by atoms with E-state index in [0.717, 1.165) is 17.6 Å². The topological polar surface area (TPSA) is 121 Å². The molecule has 0 atom stereocenters. The van der Waals surface area contributed by atoms with Crippen LogP contribution in [0.4, 0.5) is 0 Å². The minimum atomic E-state index is -3.46. The Bertz CT molecular complexity index is 1630. The predicted molar refractivity (Wildman–Crippen MR) is 131 cm³/mol. The number of carbonyl (C=O) groups excluding carboxylic acids is 2. The number of benzene rings is 2. The number of amides is 1. The lowest BCUT2D eigenvalue weighted by molar-refractivity contribution is -0.143. The molecule has 2 heterocycles. The van der Waals surface area contributed by atoms with Gasteiger partial charge in [-0.15, -0.1) is 0 Å². The Kier molecular flexibility index (Phi) is 6.93. The molecule has 4 aromatic rings. The first-order chi connectivity index (χ1) is 16.6. The van der Waals surface area contributed by atoms with Crippen LogP contribution in [0, 0.1) is 6.92 Å². The monoisotopic (exact) mass is 533 g/mol. The van der Waals surface area contributed by atoms with E-state index in [1.165, 1.54) is 16.7 Å². The molecule has 9 nitrogen and oxygen atoms in total. The number of halogens is 1. The Balaban J connectivity index is 1.89. The number of fused-ring (bicyclic) bond motifs is 1. The van der Waals surface area contributed by atoms with E-state index in [-0.39, 0.29) is 39.9 Å². The fourth-order valence-corrected chi connectivity index (χ4v) is 5.48. The maximum absolute atomic E-state index is 13.3. The number of sulfone groups is 1. The van der Waals surface area contributed by atoms with Gasteiger partial charge in [0, 0.05) is 11.8 Å². The second kappa shape index (κ2) is 9.76. The summed E-state index contributed by atoms with van der Waals surface area (Å²) >= 11 is 7.37. The number of hydrogen-bond donors (Lipinski definition) is 0. The number of carbonyl (C=O) groups is 2. The molecule has 0 saturated carbocycles. The first-order valence-corrected chi connectivity index (χ1v) is 13.5. The standard InChI is InChI=1S/C23H20ClN3O6S2/c1-4-32-19(28)12-27-17-10-9-14(35(3,30)31)11-18(17)34-23(27)25-22(29)20-13(2)33-26-21(20)15-7-5-6-8-16(15)24/h5-11H,4,12H2,1-3H3. The maximum atomic E-state index is 13.3. The van der Waals surface area contributed by atoms with Crippen LogP contribution >= 0.6 is 22.9 Å². The van der Waals surface area contributed by atoms with Crippen molar-refractivity contribution in [3.63, 3.8) is 0 Å². The van der Waals surface area contributed by atoms with Gasteiger partial charge >= 0.3 is 5.97 Å². The molecule has 0 aliphatic heterocycles. The summed E-state index contributed by atoms with van der Waals surface area (Å²) < 4.78 is 36.4. The molecule has 2 aromatic heterocycles. The van der Waals surface area contributed by atoms with Gasteiger partial charge in [0.1, 0.15) is 23.6 Å². The Labute approximate surface area is 209 Å². The molecular formula is C23H20ClN3O6S2. The van der Waals surface area contributed by atoms with Gasteiger partial charge in [-0.2, -0.15) is 4.99 Å². The highest BCUT2D eigenvalue weighted by atomic mass is 35.5. The van der Waals surface area contributed by atoms with Crippen molar-refractivity contribution in [2.45, 2.75) is 25.3 Å². The zero-order valence-corrected chi connectivity index (χ0v) is 21.3. The molecule has 12 heteroatoms. The van der Waals surface area contributed by atoms with Gasteiger partial charge in [0.05, 0.1) is 26.7 Å². The highest BCUT2D eigenvalue weighted by Gasteiger charge is 2.23. The van der Waals surface area contributed by atoms with Crippen molar-refractivity contribution in [1.29, 1.82) is 0 Å². The number of ether oxygens (including phenoxy) is 1. The van der Waals surface area contributed by atoms with Crippen molar-refractivity contribution in [1.82, 2.24) is 9.72 Å². The Morgan fingerprint density at radius 3 is 2.66 bits per heavy atom. The van der Waals surface area contributed by atoms with Crippen LogP contribution in [0.2, 0.25) is 5.02 Å². The Morgan fingerprint density at radius 2 is 1.97 bits per heavy atom. The van der Waals surface area contributed by atoms with Gasteiger partial charge in [0.2, 0.25) is 0 Å². The fraction of sp³-hybridized carbons (Fsp3) is 0.217. The first-order valence-electron chi connectivity index (χ1n) is 10.4. The molecule has 2 aromatic carbocycles. The molecule has 0 unspecified atom stereocenters. The van der Waals surface area contributed by atoms with E-state index in [4.69, 9.17) is 20.9 Å². The van der Waals surface area contributed by atoms with Crippen molar-refractivity contribution in [3.05, 3.63) is 63.6 Å². The van der Waals surface area contributed by atoms with Gasteiger partial charge in [-0.25, -0.2) is 8.42 Å². The highest BCUT2D eigenvalue weighted by Crippen LogP contribution is 2.31. The summed E-state index contributed by atoms with van der Waals surface area (Å²) in [5.41, 5.74) is 1.43. The smallest absolute Gasteiger partial charge is 0.326 e. The number of esters is 1. The molecule has 1 amide bonds. The summed E-state index contributed by atoms with van der Waals surface area (Å²) in [4.78, 5) is 30.2. The number of nitrogens with zero attached hydrogens (tertiary/aromatic N) is 3. The molecule has 0 spiro atoms. The summed E-state index contributed by atoms with van der Waals surface area (Å²) in [7, 11) is -3.46. The fourth-order valence-electron chi connectivity index (χ4n) is 3.46. The van der Waals surface area contributed by atoms with Crippen LogP contribution in [0.25, 0.3) is 21.5 Å². The van der Waals surface area contributed by atoms with Crippen molar-refractivity contribution in [2.75, 3.05) is 12.9 Å². The van der Waals surface area contributed by atoms with Crippen LogP contribution in [0.1, 0.15) is 23.0 Å². The lowest BCUT2D eigenvalue weighted by Crippen LogP contribution is -2.23. The van der Waals surface area contributed by atoms with Gasteiger partial charge < -0.3 is 13.8 Å². The van der Waals surface area contributed by atoms with E-state index in [9.17, 15) is 18.0 Å². The van der Waals surface area contributed by atoms with Crippen LogP contribution in [0.3, 0.4) is 0 Å². The van der Waals surface area contributed by atoms with Crippen molar-refractivity contribution in [3.8, 4) is 11.3 Å². The summed E-state index contributed by atoms with van der Waals surface area (Å²) in [6.45, 7) is 3.25. The average molecular weight is 534 g/mol. The quantitative estimate of drug-likeness (QED) is 0.343. The van der Waals surface area contributed by atoms with Gasteiger partial charge in [0.25, 0.3) is 5.91 Å². The van der Waals surface area contributed by atoms with Crippen LogP contribution in [-0.2, 0) is 25.9 Å². The summed E-state index contributed by atoms with van der Waals surface area (Å²) in [5, 5.41) is 4.39. The van der Waals surface area contributed by atoms with Crippen molar-refractivity contribution >= 4 is 54.9 Å². The van der Waals surface area contributed by atoms with Crippen LogP contribution in [0.15, 0.2) is 56.9 Å². The molecule has 0 aliphatic carbocycles. The van der Waals surface area contributed by atoms with Gasteiger partial charge in [-0.1, -0.05) is 46.3 Å². The molecule has 0 radical (unpaired) electrons. The third-order valence-corrected chi connectivity index (χ3v) is 7.56. The lowest BCUT2D eigenvalue weighted by Gasteiger charge is -2.06. The SMILES string of the molecule is CCOC(=O)Cn1c(=NC(=O)c2c(-c3ccccc3Cl)noc2C)sc2cc(S(C)(=O)=O)ccc21. The number of aryl methyl sites for hydroxylation is 1. The van der Waals surface area contributed by atoms with Gasteiger partial charge in [-0.3, -0.25) is 9.59 Å². The molecule has 182 valence electrons. The third kappa shape index (κ3) is 5.07. The summed E-state index contributed by atoms with van der Waals surface area (Å²) in [6, 6.07) is 11.4. The zero-order chi connectivity index (χ0) is 25.3. The predicted octanol–water partition coefficient (Wildman–Crippen LogP) is 4.03. The van der Waals surface area contributed by atoms with Crippen molar-refractivity contribution in [2.24, 2.45) is 4.99 Å². The minimum Gasteiger partial charge on any atom is -0.465 e. The van der Waals surface area contributed by atoms with E-state index in [1.54, 1.807) is 44.2 Å². The summed E-state index contributed by atoms with van der Waals surface area (Å²) in [5.74, 6) is -0.913. The lowest BCUT2D eigenvalue weighted by atomic mass is 10.1. The molecule has 0 bridgehead atoms. The largest absolute Gasteiger partial charge is 0.465 e. The zero-order valence-electron chi connectivity index (χ0n) is 18.9. The second-order valence-corrected chi connectivity index (χ2v) is 11.0. The Morgan fingerprint density at radius 1 is 1.23 bits per heavy atom. The van der Waals surface area contributed by atoms with E-state index >= 15 is 0 Å². The molecule has 0 saturated heterocycles. The Hall–Kier alpha value is -3.28. The van der Waals surface area contributed by atoms with E-state index in [0.29, 0.717) is 20.8 Å². The van der Waals surface area contributed by atoms with Gasteiger partial charge in [-0.05, 0) is 38.1 Å². The van der Waals surface area contributed by atoms with E-state index < -0.39 is 21.7 Å². The van der Waals surface area contributed by atoms with E-state index in [2.05, 4.69) is 10.1 Å². The van der Waals surface area contributed by atoms with Crippen molar-refractivity contribution < 1.29 is 27.3 Å². The molecule has 0 N–H and O–H groups in total. The molecular weight excluding hydrogens is 514 g/mol. The van der Waals surface area contributed by atoms with Gasteiger partial charge in [0.15, 0.2) is 14.6 Å². The molecule has 0 aliphatic rings. The van der Waals surface area contributed by atoms with Crippen LogP contribution in [-0.4, -0.2) is 42.9 Å². The summed E-state index contributed by atoms with van der Waals surface area (Å²) in [6.07, 6.45) is 1.11. The number of aromatic nitrogens is 2. The number of hydrogen-bond acceptors (Lipinski definition) is 8. The third-order valence-electron chi connectivity index (χ3n) is 5.08. The first kappa shape index (κ1) is 24.8. The number of thiazole rings is 1. The molecule has 35 heavy (non-hydrogen) atoms. The normalized spacial score (nSPS) is 12.3. The van der Waals surface area contributed by atoms with Crippen LogP contribution < -0.4 is 4.80 Å². The second-order valence-electron chi connectivity index (χ2n) is 7.54. The minimum absolute atomic E-state index is 0.114. The molecule has 4 rings (SSSR count). The maximum Gasteiger partial charge on any atom is 0.326 e.